The van der Waals surface area contributed by atoms with Gasteiger partial charge in [0.25, 0.3) is 0 Å². The number of nitrogens with zero attached hydrogens (tertiary/aromatic N) is 4. The van der Waals surface area contributed by atoms with Gasteiger partial charge in [-0.05, 0) is 55.7 Å². The fourth-order valence-corrected chi connectivity index (χ4v) is 5.60. The standard InChI is InChI=1S/C28H26ClFN4O3/c1-16-24(33-14-25(35)28(15-33)5-6-28)10-18(13-31-16)21-12-19(30)11-20(26(21)36)17-3-4-23(22(29)9-17)34-8-7-32(2)27(34)37/h3-4,7-13,25,35-36H,5-6,14-15H2,1-2H3. The van der Waals surface area contributed by atoms with Crippen LogP contribution in [0.5, 0.6) is 5.75 Å². The first-order valence-electron chi connectivity index (χ1n) is 12.1. The number of aromatic hydroxyl groups is 1. The molecule has 4 aromatic rings. The highest BCUT2D eigenvalue weighted by Gasteiger charge is 2.54. The van der Waals surface area contributed by atoms with Crippen LogP contribution in [0.25, 0.3) is 27.9 Å². The van der Waals surface area contributed by atoms with Crippen LogP contribution in [0.1, 0.15) is 18.5 Å². The number of hydrogen-bond donors (Lipinski definition) is 2. The van der Waals surface area contributed by atoms with Gasteiger partial charge in [-0.1, -0.05) is 17.7 Å². The first kappa shape index (κ1) is 23.8. The molecule has 1 aliphatic carbocycles. The lowest BCUT2D eigenvalue weighted by molar-refractivity contribution is 0.136. The third-order valence-electron chi connectivity index (χ3n) is 7.75. The van der Waals surface area contributed by atoms with Gasteiger partial charge < -0.3 is 19.7 Å². The van der Waals surface area contributed by atoms with Crippen LogP contribution in [-0.4, -0.2) is 43.5 Å². The number of phenols is 1. The average Bonchev–Trinajstić information content (AvgIpc) is 3.49. The van der Waals surface area contributed by atoms with Crippen molar-refractivity contribution in [2.45, 2.75) is 25.9 Å². The lowest BCUT2D eigenvalue weighted by Crippen LogP contribution is -2.22. The summed E-state index contributed by atoms with van der Waals surface area (Å²) in [6.45, 7) is 3.19. The maximum Gasteiger partial charge on any atom is 0.332 e. The summed E-state index contributed by atoms with van der Waals surface area (Å²) in [5.74, 6) is -0.614. The Morgan fingerprint density at radius 3 is 2.43 bits per heavy atom. The molecule has 0 radical (unpaired) electrons. The number of phenolic OH excluding ortho intramolecular Hbond substituents is 1. The van der Waals surface area contributed by atoms with E-state index >= 15 is 0 Å². The predicted molar refractivity (Wildman–Crippen MR) is 141 cm³/mol. The van der Waals surface area contributed by atoms with E-state index in [0.29, 0.717) is 28.9 Å². The second-order valence-electron chi connectivity index (χ2n) is 10.2. The van der Waals surface area contributed by atoms with Crippen molar-refractivity contribution >= 4 is 17.3 Å². The zero-order valence-electron chi connectivity index (χ0n) is 20.4. The third kappa shape index (κ3) is 3.91. The molecule has 37 heavy (non-hydrogen) atoms. The molecule has 9 heteroatoms. The summed E-state index contributed by atoms with van der Waals surface area (Å²) in [4.78, 5) is 19.0. The number of β-amino-alcohol motifs (C(OH)–C–C–N with tert-alkyl or cyclic N) is 1. The maximum atomic E-state index is 14.9. The second kappa shape index (κ2) is 8.46. The highest BCUT2D eigenvalue weighted by Crippen LogP contribution is 2.54. The molecule has 1 saturated heterocycles. The minimum absolute atomic E-state index is 0.0209. The fourth-order valence-electron chi connectivity index (χ4n) is 5.33. The van der Waals surface area contributed by atoms with Crippen molar-refractivity contribution in [1.82, 2.24) is 14.1 Å². The van der Waals surface area contributed by atoms with Crippen LogP contribution in [0.2, 0.25) is 5.02 Å². The normalized spacial score (nSPS) is 18.1. The number of hydrogen-bond acceptors (Lipinski definition) is 5. The van der Waals surface area contributed by atoms with Gasteiger partial charge in [0, 0.05) is 60.8 Å². The Morgan fingerprint density at radius 2 is 1.81 bits per heavy atom. The Balaban J connectivity index is 1.39. The van der Waals surface area contributed by atoms with Gasteiger partial charge in [-0.15, -0.1) is 0 Å². The molecule has 3 heterocycles. The Bertz CT molecular complexity index is 1610. The summed E-state index contributed by atoms with van der Waals surface area (Å²) in [5, 5.41) is 22.1. The van der Waals surface area contributed by atoms with E-state index in [-0.39, 0.29) is 33.5 Å². The summed E-state index contributed by atoms with van der Waals surface area (Å²) < 4.78 is 17.7. The van der Waals surface area contributed by atoms with E-state index in [0.717, 1.165) is 30.8 Å². The Kier molecular flexibility index (Phi) is 5.43. The van der Waals surface area contributed by atoms with E-state index in [1.54, 1.807) is 43.8 Å². The zero-order valence-corrected chi connectivity index (χ0v) is 21.2. The summed E-state index contributed by atoms with van der Waals surface area (Å²) in [6, 6.07) is 9.41. The quantitative estimate of drug-likeness (QED) is 0.408. The maximum absolute atomic E-state index is 14.9. The molecular weight excluding hydrogens is 495 g/mol. The molecule has 1 saturated carbocycles. The molecule has 1 spiro atoms. The van der Waals surface area contributed by atoms with Gasteiger partial charge in [0.05, 0.1) is 28.2 Å². The van der Waals surface area contributed by atoms with Crippen molar-refractivity contribution < 1.29 is 14.6 Å². The van der Waals surface area contributed by atoms with Crippen molar-refractivity contribution in [3.8, 4) is 33.7 Å². The lowest BCUT2D eigenvalue weighted by atomic mass is 9.97. The molecule has 1 aliphatic heterocycles. The van der Waals surface area contributed by atoms with Crippen LogP contribution in [-0.2, 0) is 7.05 Å². The van der Waals surface area contributed by atoms with Crippen LogP contribution in [0, 0.1) is 18.2 Å². The summed E-state index contributed by atoms with van der Waals surface area (Å²) in [6.07, 6.45) is 6.54. The number of aliphatic hydroxyl groups is 1. The monoisotopic (exact) mass is 520 g/mol. The van der Waals surface area contributed by atoms with Crippen LogP contribution < -0.4 is 10.6 Å². The molecule has 0 amide bonds. The van der Waals surface area contributed by atoms with E-state index in [1.807, 2.05) is 13.0 Å². The summed E-state index contributed by atoms with van der Waals surface area (Å²) >= 11 is 6.51. The highest BCUT2D eigenvalue weighted by molar-refractivity contribution is 6.32. The van der Waals surface area contributed by atoms with Gasteiger partial charge >= 0.3 is 5.69 Å². The van der Waals surface area contributed by atoms with Gasteiger partial charge in [0.1, 0.15) is 11.6 Å². The number of aromatic nitrogens is 3. The number of halogens is 2. The average molecular weight is 521 g/mol. The largest absolute Gasteiger partial charge is 0.507 e. The molecule has 7 nitrogen and oxygen atoms in total. The lowest BCUT2D eigenvalue weighted by Gasteiger charge is -2.21. The SMILES string of the molecule is Cc1ncc(-c2cc(F)cc(-c3ccc(-n4ccn(C)c4=O)c(Cl)c3)c2O)cc1N1CC(O)C2(CC2)C1. The number of imidazole rings is 1. The van der Waals surface area contributed by atoms with Gasteiger partial charge in [0.2, 0.25) is 0 Å². The summed E-state index contributed by atoms with van der Waals surface area (Å²) in [5.41, 5.74) is 3.57. The molecule has 2 aliphatic rings. The van der Waals surface area contributed by atoms with Crippen LogP contribution in [0.3, 0.4) is 0 Å². The molecule has 0 bridgehead atoms. The van der Waals surface area contributed by atoms with E-state index in [4.69, 9.17) is 11.6 Å². The van der Waals surface area contributed by atoms with E-state index in [1.165, 1.54) is 21.3 Å². The first-order valence-corrected chi connectivity index (χ1v) is 12.5. The molecule has 1 unspecified atom stereocenters. The highest BCUT2D eigenvalue weighted by atomic mass is 35.5. The second-order valence-corrected chi connectivity index (χ2v) is 10.6. The Hall–Kier alpha value is -3.62. The van der Waals surface area contributed by atoms with Gasteiger partial charge in [0.15, 0.2) is 0 Å². The Morgan fingerprint density at radius 1 is 1.08 bits per heavy atom. The van der Waals surface area contributed by atoms with Crippen molar-refractivity contribution in [2.24, 2.45) is 12.5 Å². The zero-order chi connectivity index (χ0) is 26.1. The smallest absolute Gasteiger partial charge is 0.332 e. The van der Waals surface area contributed by atoms with Crippen LogP contribution in [0.15, 0.2) is 59.8 Å². The van der Waals surface area contributed by atoms with Gasteiger partial charge in [-0.2, -0.15) is 0 Å². The Labute approximate surface area is 218 Å². The molecule has 6 rings (SSSR count). The van der Waals surface area contributed by atoms with Crippen LogP contribution in [0.4, 0.5) is 10.1 Å². The van der Waals surface area contributed by atoms with E-state index < -0.39 is 5.82 Å². The number of benzene rings is 2. The molecule has 2 N–H and O–H groups in total. The van der Waals surface area contributed by atoms with E-state index in [9.17, 15) is 19.4 Å². The first-order chi connectivity index (χ1) is 17.7. The number of rotatable bonds is 4. The van der Waals surface area contributed by atoms with E-state index in [2.05, 4.69) is 9.88 Å². The fraction of sp³-hybridized carbons (Fsp3) is 0.286. The topological polar surface area (TPSA) is 83.5 Å². The number of aliphatic hydroxyl groups excluding tert-OH is 1. The summed E-state index contributed by atoms with van der Waals surface area (Å²) in [7, 11) is 1.65. The van der Waals surface area contributed by atoms with Crippen molar-refractivity contribution in [1.29, 1.82) is 0 Å². The predicted octanol–water partition coefficient (Wildman–Crippen LogP) is 4.67. The minimum Gasteiger partial charge on any atom is -0.507 e. The van der Waals surface area contributed by atoms with Crippen LogP contribution >= 0.6 is 11.6 Å². The number of anilines is 1. The molecule has 190 valence electrons. The van der Waals surface area contributed by atoms with Crippen molar-refractivity contribution in [3.05, 3.63) is 82.0 Å². The molecule has 2 fully saturated rings. The van der Waals surface area contributed by atoms with Crippen molar-refractivity contribution in [2.75, 3.05) is 18.0 Å². The minimum atomic E-state index is -0.516. The van der Waals surface area contributed by atoms with Gasteiger partial charge in [-0.3, -0.25) is 9.55 Å². The molecule has 2 aromatic carbocycles. The molecule has 1 atom stereocenters. The number of aryl methyl sites for hydroxylation is 2. The van der Waals surface area contributed by atoms with Crippen molar-refractivity contribution in [3.63, 3.8) is 0 Å². The molecule has 2 aromatic heterocycles. The third-order valence-corrected chi connectivity index (χ3v) is 8.05. The number of pyridine rings is 1. The molecular formula is C28H26ClFN4O3. The van der Waals surface area contributed by atoms with Gasteiger partial charge in [-0.25, -0.2) is 9.18 Å².